The fraction of sp³-hybridized carbons (Fsp3) is 0.625. The summed E-state index contributed by atoms with van der Waals surface area (Å²) in [6.07, 6.45) is 0.528. The Balaban J connectivity index is 2.93. The third-order valence-electron chi connectivity index (χ3n) is 2.52. The molecule has 0 aromatic rings. The normalized spacial score (nSPS) is 27.5. The first-order chi connectivity index (χ1) is 6.45. The lowest BCUT2D eigenvalue weighted by Crippen LogP contribution is -2.56. The van der Waals surface area contributed by atoms with E-state index in [1.807, 2.05) is 0 Å². The van der Waals surface area contributed by atoms with Gasteiger partial charge in [0.15, 0.2) is 0 Å². The van der Waals surface area contributed by atoms with Crippen LogP contribution in [0.25, 0.3) is 0 Å². The minimum absolute atomic E-state index is 0.189. The first kappa shape index (κ1) is 10.5. The van der Waals surface area contributed by atoms with Crippen molar-refractivity contribution in [3.05, 3.63) is 0 Å². The second-order valence-electron chi connectivity index (χ2n) is 3.40. The molecular weight excluding hydrogens is 186 g/mol. The monoisotopic (exact) mass is 199 g/mol. The Labute approximate surface area is 81.2 Å². The van der Waals surface area contributed by atoms with E-state index in [4.69, 9.17) is 11.5 Å². The summed E-state index contributed by atoms with van der Waals surface area (Å²) in [6, 6.07) is -0.895. The van der Waals surface area contributed by atoms with Gasteiger partial charge in [0.1, 0.15) is 6.04 Å². The Morgan fingerprint density at radius 2 is 1.93 bits per heavy atom. The van der Waals surface area contributed by atoms with Crippen LogP contribution in [-0.2, 0) is 14.4 Å². The van der Waals surface area contributed by atoms with Crippen molar-refractivity contribution >= 4 is 17.7 Å². The molecule has 0 aromatic heterocycles. The number of amides is 3. The molecule has 2 unspecified atom stereocenters. The maximum absolute atomic E-state index is 11.2. The van der Waals surface area contributed by atoms with Crippen molar-refractivity contribution in [3.63, 3.8) is 0 Å². The van der Waals surface area contributed by atoms with Crippen LogP contribution in [0.3, 0.4) is 0 Å². The van der Waals surface area contributed by atoms with Gasteiger partial charge in [0.25, 0.3) is 0 Å². The molecule has 78 valence electrons. The van der Waals surface area contributed by atoms with Crippen molar-refractivity contribution in [3.8, 4) is 0 Å². The van der Waals surface area contributed by atoms with Crippen LogP contribution in [-0.4, -0.2) is 35.7 Å². The highest BCUT2D eigenvalue weighted by atomic mass is 16.2. The Bertz CT molecular complexity index is 290. The lowest BCUT2D eigenvalue weighted by molar-refractivity contribution is -0.147. The average Bonchev–Trinajstić information content (AvgIpc) is 2.08. The third-order valence-corrected chi connectivity index (χ3v) is 2.52. The molecule has 1 aliphatic heterocycles. The number of carbonyl (C=O) groups excluding carboxylic acids is 3. The molecule has 6 heteroatoms. The highest BCUT2D eigenvalue weighted by Crippen LogP contribution is 2.22. The van der Waals surface area contributed by atoms with Crippen LogP contribution < -0.4 is 11.5 Å². The van der Waals surface area contributed by atoms with Gasteiger partial charge in [-0.05, 0) is 6.42 Å². The second kappa shape index (κ2) is 3.65. The zero-order chi connectivity index (χ0) is 10.9. The van der Waals surface area contributed by atoms with E-state index in [0.29, 0.717) is 6.42 Å². The smallest absolute Gasteiger partial charge is 0.241 e. The van der Waals surface area contributed by atoms with Crippen molar-refractivity contribution in [1.29, 1.82) is 0 Å². The van der Waals surface area contributed by atoms with Gasteiger partial charge in [-0.15, -0.1) is 0 Å². The molecule has 3 amide bonds. The highest BCUT2D eigenvalue weighted by molar-refractivity contribution is 5.93. The number of likely N-dealkylation sites (N-methyl/N-ethyl adjacent to an activating group) is 1. The predicted octanol–water partition coefficient (Wildman–Crippen LogP) is -1.81. The van der Waals surface area contributed by atoms with Gasteiger partial charge in [0.2, 0.25) is 17.7 Å². The molecule has 0 radical (unpaired) electrons. The Morgan fingerprint density at radius 3 is 2.36 bits per heavy atom. The van der Waals surface area contributed by atoms with E-state index in [1.54, 1.807) is 0 Å². The lowest BCUT2D eigenvalue weighted by atomic mass is 9.88. The van der Waals surface area contributed by atoms with Crippen molar-refractivity contribution in [2.24, 2.45) is 17.4 Å². The first-order valence-electron chi connectivity index (χ1n) is 4.29. The molecule has 0 aromatic carbocycles. The zero-order valence-corrected chi connectivity index (χ0v) is 7.90. The molecule has 0 spiro atoms. The van der Waals surface area contributed by atoms with Gasteiger partial charge in [-0.2, -0.15) is 0 Å². The number of nitrogens with two attached hydrogens (primary N) is 2. The summed E-state index contributed by atoms with van der Waals surface area (Å²) in [5.74, 6) is -2.13. The number of nitrogens with zero attached hydrogens (tertiary/aromatic N) is 1. The maximum atomic E-state index is 11.2. The van der Waals surface area contributed by atoms with Crippen molar-refractivity contribution in [2.75, 3.05) is 7.05 Å². The minimum Gasteiger partial charge on any atom is -0.369 e. The van der Waals surface area contributed by atoms with E-state index in [1.165, 1.54) is 11.9 Å². The van der Waals surface area contributed by atoms with Gasteiger partial charge < -0.3 is 16.4 Å². The number of carbonyl (C=O) groups is 3. The summed E-state index contributed by atoms with van der Waals surface area (Å²) < 4.78 is 0. The van der Waals surface area contributed by atoms with Gasteiger partial charge in [-0.1, -0.05) is 0 Å². The number of primary amides is 2. The van der Waals surface area contributed by atoms with Gasteiger partial charge >= 0.3 is 0 Å². The number of piperidine rings is 1. The molecule has 1 saturated heterocycles. The van der Waals surface area contributed by atoms with E-state index < -0.39 is 23.8 Å². The number of likely N-dealkylation sites (tertiary alicyclic amines) is 1. The van der Waals surface area contributed by atoms with E-state index in [0.717, 1.165) is 0 Å². The SMILES string of the molecule is CN1C(=O)CCC(C(N)=O)C1C(N)=O. The summed E-state index contributed by atoms with van der Waals surface area (Å²) in [7, 11) is 1.45. The lowest BCUT2D eigenvalue weighted by Gasteiger charge is -2.35. The molecule has 1 rings (SSSR count). The molecule has 2 atom stereocenters. The topological polar surface area (TPSA) is 106 Å². The van der Waals surface area contributed by atoms with Gasteiger partial charge in [-0.3, -0.25) is 14.4 Å². The Hall–Kier alpha value is -1.59. The fourth-order valence-electron chi connectivity index (χ4n) is 1.73. The van der Waals surface area contributed by atoms with Gasteiger partial charge in [0.05, 0.1) is 5.92 Å². The number of rotatable bonds is 2. The first-order valence-corrected chi connectivity index (χ1v) is 4.29. The molecule has 0 bridgehead atoms. The van der Waals surface area contributed by atoms with Crippen LogP contribution in [0.2, 0.25) is 0 Å². The summed E-state index contributed by atoms with van der Waals surface area (Å²) in [4.78, 5) is 34.5. The minimum atomic E-state index is -0.895. The average molecular weight is 199 g/mol. The Kier molecular flexibility index (Phi) is 2.73. The third kappa shape index (κ3) is 1.68. The van der Waals surface area contributed by atoms with E-state index in [9.17, 15) is 14.4 Å². The molecule has 4 N–H and O–H groups in total. The molecule has 1 heterocycles. The largest absolute Gasteiger partial charge is 0.369 e. The van der Waals surface area contributed by atoms with Gasteiger partial charge in [-0.25, -0.2) is 0 Å². The molecule has 6 nitrogen and oxygen atoms in total. The molecule has 0 aliphatic carbocycles. The van der Waals surface area contributed by atoms with Crippen LogP contribution in [0, 0.1) is 5.92 Å². The highest BCUT2D eigenvalue weighted by Gasteiger charge is 2.40. The van der Waals surface area contributed by atoms with Crippen LogP contribution in [0.1, 0.15) is 12.8 Å². The molecule has 1 fully saturated rings. The van der Waals surface area contributed by atoms with Crippen LogP contribution in [0.4, 0.5) is 0 Å². The summed E-state index contributed by atoms with van der Waals surface area (Å²) in [5.41, 5.74) is 10.2. The second-order valence-corrected chi connectivity index (χ2v) is 3.40. The van der Waals surface area contributed by atoms with Crippen LogP contribution in [0.5, 0.6) is 0 Å². The number of hydrogen-bond donors (Lipinski definition) is 2. The fourth-order valence-corrected chi connectivity index (χ4v) is 1.73. The molecule has 1 aliphatic rings. The quantitative estimate of drug-likeness (QED) is 0.547. The van der Waals surface area contributed by atoms with E-state index in [2.05, 4.69) is 0 Å². The molecule has 0 saturated carbocycles. The van der Waals surface area contributed by atoms with E-state index in [-0.39, 0.29) is 12.3 Å². The summed E-state index contributed by atoms with van der Waals surface area (Å²) in [5, 5.41) is 0. The number of hydrogen-bond acceptors (Lipinski definition) is 3. The summed E-state index contributed by atoms with van der Waals surface area (Å²) >= 11 is 0. The Morgan fingerprint density at radius 1 is 1.36 bits per heavy atom. The molecular formula is C8H13N3O3. The maximum Gasteiger partial charge on any atom is 0.241 e. The predicted molar refractivity (Wildman–Crippen MR) is 47.7 cm³/mol. The van der Waals surface area contributed by atoms with Gasteiger partial charge in [0, 0.05) is 13.5 Å². The van der Waals surface area contributed by atoms with Crippen LogP contribution in [0.15, 0.2) is 0 Å². The summed E-state index contributed by atoms with van der Waals surface area (Å²) in [6.45, 7) is 0. The standard InChI is InChI=1S/C8H13N3O3/c1-11-5(12)3-2-4(7(9)13)6(11)8(10)14/h4,6H,2-3H2,1H3,(H2,9,13)(H2,10,14). The van der Waals surface area contributed by atoms with Crippen LogP contribution >= 0.6 is 0 Å². The van der Waals surface area contributed by atoms with E-state index >= 15 is 0 Å². The molecule has 14 heavy (non-hydrogen) atoms. The zero-order valence-electron chi connectivity index (χ0n) is 7.90. The van der Waals surface area contributed by atoms with Crippen molar-refractivity contribution in [1.82, 2.24) is 4.90 Å². The van der Waals surface area contributed by atoms with Crippen molar-refractivity contribution < 1.29 is 14.4 Å². The van der Waals surface area contributed by atoms with Crippen molar-refractivity contribution in [2.45, 2.75) is 18.9 Å².